The summed E-state index contributed by atoms with van der Waals surface area (Å²) in [5.74, 6) is 0.265. The lowest BCUT2D eigenvalue weighted by Crippen LogP contribution is -2.42. The number of hydrogen-bond donors (Lipinski definition) is 3. The lowest BCUT2D eigenvalue weighted by Gasteiger charge is -2.34. The van der Waals surface area contributed by atoms with Crippen LogP contribution in [0.4, 0.5) is 5.69 Å². The number of allylic oxidation sites excluding steroid dienone is 1. The van der Waals surface area contributed by atoms with Crippen LogP contribution in [0.15, 0.2) is 26.4 Å². The Labute approximate surface area is 145 Å². The third kappa shape index (κ3) is 2.50. The highest BCUT2D eigenvalue weighted by Gasteiger charge is 2.32. The van der Waals surface area contributed by atoms with E-state index in [0.717, 1.165) is 40.0 Å². The Morgan fingerprint density at radius 1 is 1.41 bits per heavy atom. The predicted molar refractivity (Wildman–Crippen MR) is 91.1 cm³/mol. The molecule has 5 nitrogen and oxygen atoms in total. The molecule has 118 valence electrons. The minimum atomic E-state index is -0.828. The molecule has 0 aliphatic carbocycles. The normalized spacial score (nSPS) is 20.9. The molecule has 0 fully saturated rings. The molecule has 7 heteroatoms. The van der Waals surface area contributed by atoms with E-state index in [1.807, 2.05) is 18.0 Å². The van der Waals surface area contributed by atoms with Crippen LogP contribution in [0.2, 0.25) is 0 Å². The summed E-state index contributed by atoms with van der Waals surface area (Å²) in [5.41, 5.74) is 2.87. The van der Waals surface area contributed by atoms with Gasteiger partial charge in [-0.05, 0) is 62.8 Å². The molecule has 3 N–H and O–H groups in total. The van der Waals surface area contributed by atoms with E-state index in [1.165, 1.54) is 0 Å². The lowest BCUT2D eigenvalue weighted by molar-refractivity contribution is -0.139. The van der Waals surface area contributed by atoms with Crippen molar-refractivity contribution in [3.63, 3.8) is 0 Å². The number of rotatable bonds is 1. The molecule has 1 atom stereocenters. The van der Waals surface area contributed by atoms with Gasteiger partial charge in [-0.1, -0.05) is 0 Å². The van der Waals surface area contributed by atoms with Gasteiger partial charge in [0.1, 0.15) is 17.6 Å². The molecule has 0 spiro atoms. The third-order valence-electron chi connectivity index (χ3n) is 4.25. The minimum absolute atomic E-state index is 0.246. The molecule has 0 amide bonds. The molecule has 1 unspecified atom stereocenters. The van der Waals surface area contributed by atoms with Crippen LogP contribution in [0.5, 0.6) is 5.75 Å². The van der Waals surface area contributed by atoms with Crippen LogP contribution >= 0.6 is 31.9 Å². The Morgan fingerprint density at radius 2 is 2.14 bits per heavy atom. The number of carboxylic acids is 1. The van der Waals surface area contributed by atoms with Crippen molar-refractivity contribution in [3.05, 3.63) is 32.0 Å². The quantitative estimate of drug-likeness (QED) is 0.635. The zero-order valence-corrected chi connectivity index (χ0v) is 15.2. The third-order valence-corrected chi connectivity index (χ3v) is 5.46. The first-order valence-electron chi connectivity index (χ1n) is 7.05. The van der Waals surface area contributed by atoms with E-state index in [0.29, 0.717) is 17.3 Å². The van der Waals surface area contributed by atoms with Gasteiger partial charge in [-0.2, -0.15) is 0 Å². The molecular formula is C15H16Br2N2O3. The van der Waals surface area contributed by atoms with Crippen molar-refractivity contribution in [2.24, 2.45) is 0 Å². The minimum Gasteiger partial charge on any atom is -0.506 e. The number of benzene rings is 1. The van der Waals surface area contributed by atoms with Crippen LogP contribution < -0.4 is 10.2 Å². The Hall–Kier alpha value is -1.21. The van der Waals surface area contributed by atoms with Gasteiger partial charge in [0.2, 0.25) is 0 Å². The van der Waals surface area contributed by atoms with Crippen LogP contribution in [0.1, 0.15) is 24.8 Å². The Bertz CT molecular complexity index is 688. The monoisotopic (exact) mass is 430 g/mol. The maximum absolute atomic E-state index is 11.3. The molecule has 0 aromatic heterocycles. The van der Waals surface area contributed by atoms with Gasteiger partial charge in [-0.15, -0.1) is 0 Å². The van der Waals surface area contributed by atoms with E-state index in [1.54, 1.807) is 0 Å². The molecule has 2 aliphatic heterocycles. The van der Waals surface area contributed by atoms with E-state index < -0.39 is 12.0 Å². The van der Waals surface area contributed by atoms with Gasteiger partial charge in [-0.3, -0.25) is 0 Å². The zero-order chi connectivity index (χ0) is 16.0. The summed E-state index contributed by atoms with van der Waals surface area (Å²) in [5, 5.41) is 22.8. The number of aliphatic carboxylic acids is 1. The van der Waals surface area contributed by atoms with Crippen molar-refractivity contribution in [1.82, 2.24) is 5.32 Å². The number of halogens is 2. The number of phenolic OH excluding ortho intramolecular Hbond substituents is 1. The molecule has 0 bridgehead atoms. The van der Waals surface area contributed by atoms with Crippen molar-refractivity contribution in [3.8, 4) is 5.75 Å². The number of nitrogens with one attached hydrogen (secondary N) is 1. The Morgan fingerprint density at radius 3 is 2.82 bits per heavy atom. The van der Waals surface area contributed by atoms with E-state index in [-0.39, 0.29) is 5.75 Å². The molecule has 22 heavy (non-hydrogen) atoms. The Kier molecular flexibility index (Phi) is 4.11. The molecule has 1 aromatic rings. The van der Waals surface area contributed by atoms with E-state index in [9.17, 15) is 15.0 Å². The number of aromatic hydroxyl groups is 1. The molecule has 1 aromatic carbocycles. The number of anilines is 1. The summed E-state index contributed by atoms with van der Waals surface area (Å²) in [6, 6.07) is 1.24. The van der Waals surface area contributed by atoms with Gasteiger partial charge in [0.15, 0.2) is 0 Å². The van der Waals surface area contributed by atoms with Crippen LogP contribution in [-0.2, 0) is 11.2 Å². The first-order valence-corrected chi connectivity index (χ1v) is 8.63. The fourth-order valence-electron chi connectivity index (χ4n) is 3.17. The van der Waals surface area contributed by atoms with Gasteiger partial charge >= 0.3 is 5.97 Å². The topological polar surface area (TPSA) is 72.8 Å². The van der Waals surface area contributed by atoms with Crippen molar-refractivity contribution in [2.45, 2.75) is 31.7 Å². The second-order valence-corrected chi connectivity index (χ2v) is 7.34. The molecule has 0 saturated carbocycles. The zero-order valence-electron chi connectivity index (χ0n) is 12.0. The van der Waals surface area contributed by atoms with Gasteiger partial charge in [-0.25, -0.2) is 4.79 Å². The number of carboxylic acid groups (broad SMARTS) is 1. The van der Waals surface area contributed by atoms with E-state index in [4.69, 9.17) is 0 Å². The van der Waals surface area contributed by atoms with Gasteiger partial charge in [0.05, 0.1) is 10.2 Å². The van der Waals surface area contributed by atoms with Gasteiger partial charge in [0.25, 0.3) is 0 Å². The number of fused-ring (bicyclic) bond motifs is 1. The van der Waals surface area contributed by atoms with Crippen molar-refractivity contribution >= 4 is 43.5 Å². The maximum Gasteiger partial charge on any atom is 0.326 e. The van der Waals surface area contributed by atoms with Gasteiger partial charge < -0.3 is 20.4 Å². The summed E-state index contributed by atoms with van der Waals surface area (Å²) in [6.07, 6.45) is 2.88. The summed E-state index contributed by atoms with van der Waals surface area (Å²) in [7, 11) is 1.89. The summed E-state index contributed by atoms with van der Waals surface area (Å²) < 4.78 is 1.51. The first kappa shape index (κ1) is 15.7. The first-order chi connectivity index (χ1) is 10.4. The summed E-state index contributed by atoms with van der Waals surface area (Å²) in [4.78, 5) is 13.3. The smallest absolute Gasteiger partial charge is 0.326 e. The van der Waals surface area contributed by atoms with Crippen molar-refractivity contribution < 1.29 is 15.0 Å². The average Bonchev–Trinajstić information content (AvgIpc) is 2.67. The molecular weight excluding hydrogens is 416 g/mol. The second-order valence-electron chi connectivity index (χ2n) is 5.63. The molecule has 2 heterocycles. The van der Waals surface area contributed by atoms with Gasteiger partial charge in [0, 0.05) is 23.5 Å². The highest BCUT2D eigenvalue weighted by atomic mass is 79.9. The number of phenols is 1. The fraction of sp³-hybridized carbons (Fsp3) is 0.400. The average molecular weight is 432 g/mol. The predicted octanol–water partition coefficient (Wildman–Crippen LogP) is 3.35. The molecule has 0 radical (unpaired) electrons. The van der Waals surface area contributed by atoms with Crippen LogP contribution in [0, 0.1) is 0 Å². The molecule has 0 saturated heterocycles. The molecule has 3 rings (SSSR count). The highest BCUT2D eigenvalue weighted by molar-refractivity contribution is 9.11. The standard InChI is InChI=1S/C15H16Br2N2O3/c1-19-12-8(13(20)10(17)6-9(12)16)5-7-3-2-4-11(15(21)22)18-14(7)19/h6,11,18,20H,2-5H2,1H3,(H,21,22). The number of hydrogen-bond acceptors (Lipinski definition) is 4. The fourth-order valence-corrected chi connectivity index (χ4v) is 4.68. The SMILES string of the molecule is CN1C2=C(CCCC(C(=O)O)N2)Cc2c(O)c(Br)cc(Br)c21. The second kappa shape index (κ2) is 5.77. The molecule has 2 aliphatic rings. The number of nitrogens with zero attached hydrogens (tertiary/aromatic N) is 1. The van der Waals surface area contributed by atoms with Crippen molar-refractivity contribution in [1.29, 1.82) is 0 Å². The van der Waals surface area contributed by atoms with Crippen LogP contribution in [0.3, 0.4) is 0 Å². The van der Waals surface area contributed by atoms with Crippen LogP contribution in [-0.4, -0.2) is 29.3 Å². The summed E-state index contributed by atoms with van der Waals surface area (Å²) >= 11 is 6.91. The van der Waals surface area contributed by atoms with Crippen molar-refractivity contribution in [2.75, 3.05) is 11.9 Å². The summed E-state index contributed by atoms with van der Waals surface area (Å²) in [6.45, 7) is 0. The van der Waals surface area contributed by atoms with E-state index in [2.05, 4.69) is 37.2 Å². The van der Waals surface area contributed by atoms with Crippen LogP contribution in [0.25, 0.3) is 0 Å². The largest absolute Gasteiger partial charge is 0.506 e. The lowest BCUT2D eigenvalue weighted by atomic mass is 9.94. The number of carbonyl (C=O) groups is 1. The Balaban J connectivity index is 2.08. The van der Waals surface area contributed by atoms with E-state index >= 15 is 0 Å². The maximum atomic E-state index is 11.3. The highest BCUT2D eigenvalue weighted by Crippen LogP contribution is 2.46.